The highest BCUT2D eigenvalue weighted by molar-refractivity contribution is 7.99. The number of thioether (sulfide) groups is 1. The molecule has 180 valence electrons. The Morgan fingerprint density at radius 1 is 1.17 bits per heavy atom. The van der Waals surface area contributed by atoms with E-state index in [1.54, 1.807) is 0 Å². The summed E-state index contributed by atoms with van der Waals surface area (Å²) in [6.45, 7) is 6.23. The second kappa shape index (κ2) is 9.99. The highest BCUT2D eigenvalue weighted by Crippen LogP contribution is 2.34. The number of amides is 1. The average molecular weight is 504 g/mol. The number of anilines is 1. The summed E-state index contributed by atoms with van der Waals surface area (Å²) in [5.41, 5.74) is 7.69. The first-order valence-corrected chi connectivity index (χ1v) is 13.9. The van der Waals surface area contributed by atoms with Crippen molar-refractivity contribution in [3.8, 4) is 11.1 Å². The summed E-state index contributed by atoms with van der Waals surface area (Å²) in [6.07, 6.45) is 4.71. The van der Waals surface area contributed by atoms with Crippen LogP contribution in [0.4, 0.5) is 5.69 Å². The third-order valence-corrected chi connectivity index (χ3v) is 8.36. The van der Waals surface area contributed by atoms with Crippen molar-refractivity contribution in [2.75, 3.05) is 11.1 Å². The highest BCUT2D eigenvalue weighted by Gasteiger charge is 2.17. The Morgan fingerprint density at radius 3 is 2.77 bits per heavy atom. The lowest BCUT2D eigenvalue weighted by Crippen LogP contribution is -2.17. The summed E-state index contributed by atoms with van der Waals surface area (Å²) >= 11 is 2.72. The summed E-state index contributed by atoms with van der Waals surface area (Å²) < 4.78 is 0. The molecular weight excluding hydrogens is 474 g/mol. The van der Waals surface area contributed by atoms with Crippen molar-refractivity contribution in [1.82, 2.24) is 9.97 Å². The summed E-state index contributed by atoms with van der Waals surface area (Å²) in [5.74, 6) is 0.361. The van der Waals surface area contributed by atoms with Gasteiger partial charge in [0.05, 0.1) is 11.1 Å². The Morgan fingerprint density at radius 2 is 1.97 bits per heavy atom. The number of aromatic nitrogens is 2. The monoisotopic (exact) mass is 503 g/mol. The third kappa shape index (κ3) is 4.93. The highest BCUT2D eigenvalue weighted by atomic mass is 32.2. The molecule has 0 radical (unpaired) electrons. The Balaban J connectivity index is 1.34. The first-order chi connectivity index (χ1) is 16.9. The van der Waals surface area contributed by atoms with Gasteiger partial charge in [0, 0.05) is 16.6 Å². The second-order valence-electron chi connectivity index (χ2n) is 9.42. The Hall–Kier alpha value is -2.90. The van der Waals surface area contributed by atoms with Gasteiger partial charge in [-0.25, -0.2) is 4.98 Å². The molecule has 1 amide bonds. The number of hydrogen-bond donors (Lipinski definition) is 2. The maximum absolute atomic E-state index is 13.0. The lowest BCUT2D eigenvalue weighted by molar-refractivity contribution is -0.113. The molecule has 2 aromatic carbocycles. The third-order valence-electron chi connectivity index (χ3n) is 6.61. The van der Waals surface area contributed by atoms with Crippen LogP contribution in [0.3, 0.4) is 0 Å². The zero-order chi connectivity index (χ0) is 24.5. The Labute approximate surface area is 213 Å². The van der Waals surface area contributed by atoms with Crippen LogP contribution in [0.5, 0.6) is 0 Å². The molecular formula is C28H29N3O2S2. The predicted molar refractivity (Wildman–Crippen MR) is 147 cm³/mol. The predicted octanol–water partition coefficient (Wildman–Crippen LogP) is 6.69. The topological polar surface area (TPSA) is 74.8 Å². The molecule has 35 heavy (non-hydrogen) atoms. The molecule has 0 fully saturated rings. The number of rotatable bonds is 6. The molecule has 0 spiro atoms. The van der Waals surface area contributed by atoms with Crippen LogP contribution in [0, 0.1) is 6.92 Å². The second-order valence-corrected chi connectivity index (χ2v) is 11.2. The molecule has 0 bridgehead atoms. The van der Waals surface area contributed by atoms with Crippen LogP contribution in [0.1, 0.15) is 54.9 Å². The van der Waals surface area contributed by atoms with E-state index in [-0.39, 0.29) is 17.2 Å². The number of H-pyrrole nitrogens is 1. The molecule has 5 rings (SSSR count). The van der Waals surface area contributed by atoms with E-state index >= 15 is 0 Å². The standard InChI is InChI=1S/C28H29N3O2S2/c1-16(2)21-10-6-7-17(3)25(21)29-23(32)15-35-28-30-26(33)24-22(14-34-27(24)31-28)20-12-11-18-8-4-5-9-19(18)13-20/h6-7,10-14,16H,4-5,8-9,15H2,1-3H3,(H,29,32)(H,30,31,33). The Kier molecular flexibility index (Phi) is 6.80. The van der Waals surface area contributed by atoms with Gasteiger partial charge in [-0.05, 0) is 66.3 Å². The minimum atomic E-state index is -0.159. The first-order valence-electron chi connectivity index (χ1n) is 12.1. The van der Waals surface area contributed by atoms with Crippen molar-refractivity contribution in [3.05, 3.63) is 74.4 Å². The number of aromatic amines is 1. The number of thiophene rings is 1. The maximum atomic E-state index is 13.0. The molecule has 2 heterocycles. The maximum Gasteiger partial charge on any atom is 0.260 e. The normalized spacial score (nSPS) is 13.3. The van der Waals surface area contributed by atoms with Crippen LogP contribution in [0.2, 0.25) is 0 Å². The van der Waals surface area contributed by atoms with Gasteiger partial charge in [0.1, 0.15) is 4.83 Å². The molecule has 0 saturated heterocycles. The zero-order valence-corrected chi connectivity index (χ0v) is 21.9. The largest absolute Gasteiger partial charge is 0.325 e. The van der Waals surface area contributed by atoms with Gasteiger partial charge >= 0.3 is 0 Å². The van der Waals surface area contributed by atoms with E-state index in [2.05, 4.69) is 47.3 Å². The Bertz CT molecular complexity index is 1470. The van der Waals surface area contributed by atoms with E-state index in [1.807, 2.05) is 30.5 Å². The average Bonchev–Trinajstić information content (AvgIpc) is 3.28. The number of fused-ring (bicyclic) bond motifs is 2. The van der Waals surface area contributed by atoms with Crippen molar-refractivity contribution in [1.29, 1.82) is 0 Å². The molecule has 2 N–H and O–H groups in total. The molecule has 0 aliphatic heterocycles. The summed E-state index contributed by atoms with van der Waals surface area (Å²) in [7, 11) is 0. The van der Waals surface area contributed by atoms with Gasteiger partial charge in [-0.1, -0.05) is 62.0 Å². The molecule has 5 nitrogen and oxygen atoms in total. The van der Waals surface area contributed by atoms with E-state index < -0.39 is 0 Å². The number of carbonyl (C=O) groups is 1. The van der Waals surface area contributed by atoms with Crippen LogP contribution < -0.4 is 10.9 Å². The SMILES string of the molecule is Cc1cccc(C(C)C)c1NC(=O)CSc1nc2scc(-c3ccc4c(c3)CCCC4)c2c(=O)[nH]1. The first kappa shape index (κ1) is 23.8. The fraction of sp³-hybridized carbons (Fsp3) is 0.321. The molecule has 2 aromatic heterocycles. The van der Waals surface area contributed by atoms with Gasteiger partial charge in [-0.3, -0.25) is 9.59 Å². The number of benzene rings is 2. The van der Waals surface area contributed by atoms with Crippen molar-refractivity contribution >= 4 is 44.9 Å². The van der Waals surface area contributed by atoms with E-state index in [0.29, 0.717) is 21.3 Å². The van der Waals surface area contributed by atoms with E-state index in [4.69, 9.17) is 0 Å². The van der Waals surface area contributed by atoms with Crippen LogP contribution >= 0.6 is 23.1 Å². The minimum absolute atomic E-state index is 0.116. The van der Waals surface area contributed by atoms with E-state index in [9.17, 15) is 9.59 Å². The summed E-state index contributed by atoms with van der Waals surface area (Å²) in [6, 6.07) is 12.6. The number of nitrogens with one attached hydrogen (secondary N) is 2. The molecule has 1 aliphatic rings. The lowest BCUT2D eigenvalue weighted by Gasteiger charge is -2.16. The van der Waals surface area contributed by atoms with Crippen LogP contribution in [0.25, 0.3) is 21.3 Å². The molecule has 1 aliphatic carbocycles. The fourth-order valence-electron chi connectivity index (χ4n) is 4.76. The van der Waals surface area contributed by atoms with Crippen molar-refractivity contribution < 1.29 is 4.79 Å². The molecule has 0 atom stereocenters. The molecule has 0 unspecified atom stereocenters. The fourth-order valence-corrected chi connectivity index (χ4v) is 6.43. The molecule has 0 saturated carbocycles. The minimum Gasteiger partial charge on any atom is -0.325 e. The number of para-hydroxylation sites is 1. The van der Waals surface area contributed by atoms with Crippen LogP contribution in [-0.4, -0.2) is 21.6 Å². The number of hydrogen-bond acceptors (Lipinski definition) is 5. The lowest BCUT2D eigenvalue weighted by atomic mass is 9.89. The van der Waals surface area contributed by atoms with Crippen molar-refractivity contribution in [3.63, 3.8) is 0 Å². The number of nitrogens with zero attached hydrogens (tertiary/aromatic N) is 1. The number of carbonyl (C=O) groups excluding carboxylic acids is 1. The summed E-state index contributed by atoms with van der Waals surface area (Å²) in [4.78, 5) is 34.0. The van der Waals surface area contributed by atoms with Crippen LogP contribution in [-0.2, 0) is 17.6 Å². The van der Waals surface area contributed by atoms with Gasteiger partial charge in [-0.15, -0.1) is 11.3 Å². The quantitative estimate of drug-likeness (QED) is 0.227. The number of aryl methyl sites for hydroxylation is 3. The van der Waals surface area contributed by atoms with E-state index in [1.165, 1.54) is 47.1 Å². The van der Waals surface area contributed by atoms with Crippen molar-refractivity contribution in [2.24, 2.45) is 0 Å². The zero-order valence-electron chi connectivity index (χ0n) is 20.2. The van der Waals surface area contributed by atoms with Gasteiger partial charge in [0.2, 0.25) is 5.91 Å². The smallest absolute Gasteiger partial charge is 0.260 e. The summed E-state index contributed by atoms with van der Waals surface area (Å²) in [5, 5.41) is 6.16. The van der Waals surface area contributed by atoms with Gasteiger partial charge in [-0.2, -0.15) is 0 Å². The van der Waals surface area contributed by atoms with Crippen molar-refractivity contribution in [2.45, 2.75) is 57.5 Å². The van der Waals surface area contributed by atoms with E-state index in [0.717, 1.165) is 40.8 Å². The molecule has 4 aromatic rings. The van der Waals surface area contributed by atoms with Gasteiger partial charge in [0.15, 0.2) is 5.16 Å². The van der Waals surface area contributed by atoms with Gasteiger partial charge < -0.3 is 10.3 Å². The van der Waals surface area contributed by atoms with Gasteiger partial charge in [0.25, 0.3) is 5.56 Å². The molecule has 7 heteroatoms. The van der Waals surface area contributed by atoms with Crippen LogP contribution in [0.15, 0.2) is 51.7 Å².